The average Bonchev–Trinajstić information content (AvgIpc) is 3.56. The molecule has 0 saturated heterocycles. The standard InChI is InChI=1S/C30H25NO4S.C5H2N4O/c32-36(33,34)29-18-22-12-14-26-25-9-5-4-6-21(25)11-13-27(26)28(22)17-23(29)16-20-10-15-30(31-19-20)35-24-7-2-1-3-8-24;10-5-3-4(7-1-6-3)8-2-9-5/h1-5,7-15,17,19,23,29H,6,16,18H2,(H,32,33,34);1-2H. The van der Waals surface area contributed by atoms with Gasteiger partial charge in [-0.25, -0.2) is 20.0 Å². The van der Waals surface area contributed by atoms with Crippen molar-refractivity contribution in [3.8, 4) is 11.6 Å². The fraction of sp³-hybridized carbons (Fsp3) is 0.143. The molecule has 46 heavy (non-hydrogen) atoms. The molecule has 0 bridgehead atoms. The topological polar surface area (TPSA) is 143 Å². The summed E-state index contributed by atoms with van der Waals surface area (Å²) < 4.78 is 40.7. The normalized spacial score (nSPS) is 19.0. The summed E-state index contributed by atoms with van der Waals surface area (Å²) in [6.07, 6.45) is 14.2. The van der Waals surface area contributed by atoms with Crippen LogP contribution in [0.2, 0.25) is 0 Å². The summed E-state index contributed by atoms with van der Waals surface area (Å²) >= 11 is 0. The molecular formula is C35H27N5O5S. The highest BCUT2D eigenvalue weighted by atomic mass is 32.2. The molecule has 0 saturated carbocycles. The Morgan fingerprint density at radius 3 is 2.41 bits per heavy atom. The average molecular weight is 630 g/mol. The highest BCUT2D eigenvalue weighted by Gasteiger charge is 2.34. The van der Waals surface area contributed by atoms with E-state index >= 15 is 0 Å². The van der Waals surface area contributed by atoms with Crippen molar-refractivity contribution in [3.05, 3.63) is 112 Å². The van der Waals surface area contributed by atoms with E-state index in [9.17, 15) is 17.8 Å². The molecule has 0 fully saturated rings. The van der Waals surface area contributed by atoms with Gasteiger partial charge in [-0.15, -0.1) is 0 Å². The van der Waals surface area contributed by atoms with Crippen molar-refractivity contribution in [1.82, 2.24) is 4.98 Å². The number of hydrogen-bond donors (Lipinski definition) is 1. The van der Waals surface area contributed by atoms with Gasteiger partial charge in [0.25, 0.3) is 10.1 Å². The van der Waals surface area contributed by atoms with E-state index in [1.165, 1.54) is 28.8 Å². The second-order valence-electron chi connectivity index (χ2n) is 11.1. The number of amides is 1. The molecule has 0 spiro atoms. The number of fused-ring (bicyclic) bond motifs is 6. The Hall–Kier alpha value is -5.39. The first-order valence-electron chi connectivity index (χ1n) is 14.7. The molecule has 2 unspecified atom stereocenters. The maximum absolute atomic E-state index is 12.4. The number of aliphatic imine (C=N–C) groups is 4. The molecule has 1 N–H and O–H groups in total. The van der Waals surface area contributed by atoms with E-state index in [1.54, 1.807) is 12.3 Å². The minimum Gasteiger partial charge on any atom is -0.439 e. The highest BCUT2D eigenvalue weighted by molar-refractivity contribution is 7.86. The van der Waals surface area contributed by atoms with Crippen LogP contribution in [-0.2, 0) is 34.2 Å². The van der Waals surface area contributed by atoms with E-state index in [0.29, 0.717) is 23.9 Å². The van der Waals surface area contributed by atoms with E-state index in [0.717, 1.165) is 28.2 Å². The summed E-state index contributed by atoms with van der Waals surface area (Å²) in [4.78, 5) is 29.7. The monoisotopic (exact) mass is 629 g/mol. The second-order valence-corrected chi connectivity index (χ2v) is 12.7. The van der Waals surface area contributed by atoms with Crippen LogP contribution in [0.25, 0.3) is 22.9 Å². The van der Waals surface area contributed by atoms with E-state index in [4.69, 9.17) is 4.74 Å². The van der Waals surface area contributed by atoms with Crippen LogP contribution in [-0.4, -0.2) is 53.3 Å². The van der Waals surface area contributed by atoms with Gasteiger partial charge in [-0.3, -0.25) is 9.35 Å². The van der Waals surface area contributed by atoms with E-state index in [1.807, 2.05) is 48.5 Å². The number of ether oxygens (including phenoxy) is 1. The number of benzene rings is 3. The number of carbonyl (C=O) groups excluding carboxylic acids is 1. The van der Waals surface area contributed by atoms with Crippen LogP contribution in [0.3, 0.4) is 0 Å². The number of amidine groups is 1. The third-order valence-electron chi connectivity index (χ3n) is 8.23. The molecule has 2 atom stereocenters. The summed E-state index contributed by atoms with van der Waals surface area (Å²) in [5.41, 5.74) is 3.35. The smallest absolute Gasteiger partial charge is 0.301 e. The summed E-state index contributed by atoms with van der Waals surface area (Å²) in [7, 11) is -4.25. The van der Waals surface area contributed by atoms with Gasteiger partial charge in [0, 0.05) is 18.2 Å². The van der Waals surface area contributed by atoms with E-state index in [-0.39, 0.29) is 24.0 Å². The van der Waals surface area contributed by atoms with Crippen LogP contribution in [0.15, 0.2) is 105 Å². The van der Waals surface area contributed by atoms with Crippen molar-refractivity contribution >= 4 is 63.2 Å². The fourth-order valence-corrected chi connectivity index (χ4v) is 7.04. The van der Waals surface area contributed by atoms with Crippen LogP contribution < -0.4 is 15.2 Å². The van der Waals surface area contributed by atoms with Crippen molar-refractivity contribution < 1.29 is 22.5 Å². The van der Waals surface area contributed by atoms with Gasteiger partial charge in [-0.05, 0) is 69.3 Å². The number of aromatic nitrogens is 1. The van der Waals surface area contributed by atoms with Crippen LogP contribution in [0.4, 0.5) is 0 Å². The zero-order valence-electron chi connectivity index (χ0n) is 24.4. The van der Waals surface area contributed by atoms with Gasteiger partial charge < -0.3 is 4.74 Å². The molecule has 3 aromatic carbocycles. The molecule has 1 amide bonds. The van der Waals surface area contributed by atoms with Gasteiger partial charge >= 0.3 is 5.91 Å². The van der Waals surface area contributed by atoms with E-state index < -0.39 is 15.4 Å². The molecule has 2 aliphatic carbocycles. The number of pyridine rings is 1. The lowest BCUT2D eigenvalue weighted by molar-refractivity contribution is -0.111. The van der Waals surface area contributed by atoms with Gasteiger partial charge in [0.2, 0.25) is 5.88 Å². The van der Waals surface area contributed by atoms with Gasteiger partial charge in [-0.1, -0.05) is 72.8 Å². The first kappa shape index (κ1) is 29.3. The van der Waals surface area contributed by atoms with Crippen LogP contribution >= 0.6 is 0 Å². The minimum absolute atomic E-state index is 0.238. The lowest BCUT2D eigenvalue weighted by atomic mass is 9.84. The zero-order valence-corrected chi connectivity index (χ0v) is 25.2. The van der Waals surface area contributed by atoms with Gasteiger partial charge in [-0.2, -0.15) is 13.4 Å². The molecule has 0 radical (unpaired) electrons. The Bertz CT molecular complexity index is 2250. The van der Waals surface area contributed by atoms with Crippen molar-refractivity contribution in [2.75, 3.05) is 0 Å². The third kappa shape index (κ3) is 5.97. The Morgan fingerprint density at radius 2 is 1.65 bits per heavy atom. The predicted molar refractivity (Wildman–Crippen MR) is 179 cm³/mol. The van der Waals surface area contributed by atoms with Crippen molar-refractivity contribution in [1.29, 1.82) is 0 Å². The quantitative estimate of drug-likeness (QED) is 0.333. The zero-order chi connectivity index (χ0) is 31.7. The SMILES string of the molecule is O=C1N=CN=C2N=CN=C12.O=S(=O)(O)C1Cc2ccc3c4c(ccc3c2=CC1Cc1ccc(Oc2ccccc2)nc1)CC=CC=4. The van der Waals surface area contributed by atoms with Gasteiger partial charge in [0.1, 0.15) is 18.4 Å². The van der Waals surface area contributed by atoms with Crippen LogP contribution in [0, 0.1) is 5.92 Å². The third-order valence-corrected chi connectivity index (χ3v) is 9.52. The lowest BCUT2D eigenvalue weighted by Crippen LogP contribution is -2.38. The second kappa shape index (κ2) is 12.2. The van der Waals surface area contributed by atoms with E-state index in [2.05, 4.69) is 61.4 Å². The van der Waals surface area contributed by atoms with Crippen molar-refractivity contribution in [3.63, 3.8) is 0 Å². The fourth-order valence-electron chi connectivity index (χ4n) is 6.03. The number of carbonyl (C=O) groups is 1. The maximum atomic E-state index is 12.4. The Labute approximate surface area is 264 Å². The number of hydrogen-bond acceptors (Lipinski definition) is 8. The molecular weight excluding hydrogens is 602 g/mol. The van der Waals surface area contributed by atoms with Crippen LogP contribution in [0.1, 0.15) is 16.7 Å². The maximum Gasteiger partial charge on any atom is 0.301 e. The summed E-state index contributed by atoms with van der Waals surface area (Å²) in [6.45, 7) is 0. The number of nitrogens with zero attached hydrogens (tertiary/aromatic N) is 5. The largest absolute Gasteiger partial charge is 0.439 e. The Balaban J connectivity index is 0.000000286. The summed E-state index contributed by atoms with van der Waals surface area (Å²) in [5, 5.41) is 3.65. The molecule has 3 heterocycles. The molecule has 228 valence electrons. The van der Waals surface area contributed by atoms with Crippen molar-refractivity contribution in [2.24, 2.45) is 25.9 Å². The van der Waals surface area contributed by atoms with Crippen molar-refractivity contribution in [2.45, 2.75) is 24.5 Å². The predicted octanol–water partition coefficient (Wildman–Crippen LogP) is 3.81. The first-order chi connectivity index (χ1) is 22.3. The number of para-hydroxylation sites is 1. The molecule has 11 heteroatoms. The molecule has 8 rings (SSSR count). The molecule has 1 aromatic heterocycles. The molecule has 10 nitrogen and oxygen atoms in total. The number of rotatable bonds is 5. The van der Waals surface area contributed by atoms with Gasteiger partial charge in [0.15, 0.2) is 11.5 Å². The van der Waals surface area contributed by atoms with Crippen LogP contribution in [0.5, 0.6) is 11.6 Å². The molecule has 4 aromatic rings. The van der Waals surface area contributed by atoms with Gasteiger partial charge in [0.05, 0.1) is 5.25 Å². The summed E-state index contributed by atoms with van der Waals surface area (Å²) in [5.74, 6) is 0.765. The Kier molecular flexibility index (Phi) is 7.77. The minimum atomic E-state index is -4.25. The molecule has 4 aliphatic rings. The Morgan fingerprint density at radius 1 is 0.870 bits per heavy atom. The first-order valence-corrected chi connectivity index (χ1v) is 16.2. The number of allylic oxidation sites excluding steroid dienone is 2. The summed E-state index contributed by atoms with van der Waals surface area (Å²) in [6, 6.07) is 21.5. The highest BCUT2D eigenvalue weighted by Crippen LogP contribution is 2.28. The molecule has 2 aliphatic heterocycles. The lowest BCUT2D eigenvalue weighted by Gasteiger charge is -2.27.